The minimum atomic E-state index is -0.793. The number of halogens is 1. The molecule has 0 spiro atoms. The monoisotopic (exact) mass is 229 g/mol. The molecule has 0 radical (unpaired) electrons. The van der Waals surface area contributed by atoms with Gasteiger partial charge < -0.3 is 9.84 Å². The van der Waals surface area contributed by atoms with E-state index in [2.05, 4.69) is 4.98 Å². The molecule has 2 rings (SSSR count). The largest absolute Gasteiger partial charge is 0.481 e. The lowest BCUT2D eigenvalue weighted by Crippen LogP contribution is -2.20. The smallest absolute Gasteiger partial charge is 0.315 e. The first-order valence-electron chi connectivity index (χ1n) is 4.44. The number of carboxylic acid groups (broad SMARTS) is 1. The molecule has 5 heteroatoms. The molecule has 1 saturated carbocycles. The van der Waals surface area contributed by atoms with Crippen LogP contribution < -0.4 is 4.74 Å². The van der Waals surface area contributed by atoms with Crippen LogP contribution in [0.25, 0.3) is 0 Å². The molecular weight excluding hydrogens is 218 g/mol. The van der Waals surface area contributed by atoms with Crippen molar-refractivity contribution in [1.82, 2.24) is 4.98 Å². The van der Waals surface area contributed by atoms with Gasteiger partial charge in [0.05, 0.1) is 12.8 Å². The van der Waals surface area contributed by atoms with Crippen LogP contribution in [0.15, 0.2) is 18.2 Å². The maximum absolute atomic E-state index is 11.0. The molecule has 1 aromatic rings. The van der Waals surface area contributed by atoms with E-state index in [1.165, 1.54) is 7.11 Å². The quantitative estimate of drug-likeness (QED) is 0.856. The Morgan fingerprint density at radius 1 is 1.53 bits per heavy atom. The Kier molecular flexibility index (Phi) is 3.19. The topological polar surface area (TPSA) is 59.4 Å². The lowest BCUT2D eigenvalue weighted by molar-refractivity contribution is -0.140. The maximum Gasteiger partial charge on any atom is 0.315 e. The van der Waals surface area contributed by atoms with Crippen molar-refractivity contribution in [2.75, 3.05) is 7.11 Å². The molecule has 1 aliphatic rings. The third-order valence-corrected chi connectivity index (χ3v) is 2.58. The summed E-state index contributed by atoms with van der Waals surface area (Å²) in [6, 6.07) is 5.22. The van der Waals surface area contributed by atoms with Gasteiger partial charge in [-0.2, -0.15) is 0 Å². The Bertz CT molecular complexity index is 377. The highest BCUT2D eigenvalue weighted by Gasteiger charge is 2.53. The average Bonchev–Trinajstić information content (AvgIpc) is 2.98. The first kappa shape index (κ1) is 11.8. The van der Waals surface area contributed by atoms with Crippen molar-refractivity contribution in [3.8, 4) is 5.88 Å². The fourth-order valence-electron chi connectivity index (χ4n) is 1.50. The molecule has 15 heavy (non-hydrogen) atoms. The lowest BCUT2D eigenvalue weighted by Gasteiger charge is -2.09. The Morgan fingerprint density at radius 3 is 2.67 bits per heavy atom. The van der Waals surface area contributed by atoms with Crippen LogP contribution in [0.3, 0.4) is 0 Å². The van der Waals surface area contributed by atoms with Crippen LogP contribution in [0.1, 0.15) is 18.5 Å². The van der Waals surface area contributed by atoms with Gasteiger partial charge in [0.25, 0.3) is 0 Å². The predicted molar refractivity (Wildman–Crippen MR) is 56.6 cm³/mol. The van der Waals surface area contributed by atoms with Crippen LogP contribution in [0.4, 0.5) is 0 Å². The minimum absolute atomic E-state index is 0. The summed E-state index contributed by atoms with van der Waals surface area (Å²) >= 11 is 0. The number of pyridine rings is 1. The average molecular weight is 230 g/mol. The van der Waals surface area contributed by atoms with E-state index in [0.29, 0.717) is 24.4 Å². The number of hydrogen-bond donors (Lipinski definition) is 1. The summed E-state index contributed by atoms with van der Waals surface area (Å²) in [6.45, 7) is 0. The van der Waals surface area contributed by atoms with Gasteiger partial charge in [-0.05, 0) is 18.9 Å². The predicted octanol–water partition coefficient (Wildman–Crippen LogP) is 1.63. The molecule has 0 amide bonds. The highest BCUT2D eigenvalue weighted by atomic mass is 35.5. The van der Waals surface area contributed by atoms with Crippen molar-refractivity contribution in [3.05, 3.63) is 23.9 Å². The van der Waals surface area contributed by atoms with Gasteiger partial charge in [-0.1, -0.05) is 6.07 Å². The molecule has 0 aliphatic heterocycles. The van der Waals surface area contributed by atoms with Crippen molar-refractivity contribution in [2.24, 2.45) is 0 Å². The van der Waals surface area contributed by atoms with Gasteiger partial charge in [0.15, 0.2) is 0 Å². The Hall–Kier alpha value is -1.29. The van der Waals surface area contributed by atoms with Crippen molar-refractivity contribution >= 4 is 18.4 Å². The molecule has 0 aromatic carbocycles. The molecule has 0 atom stereocenters. The van der Waals surface area contributed by atoms with Gasteiger partial charge >= 0.3 is 5.97 Å². The highest BCUT2D eigenvalue weighted by Crippen LogP contribution is 2.47. The standard InChI is InChI=1S/C10H11NO3.ClH/c1-14-8-4-2-3-7(11-8)10(5-6-10)9(12)13;/h2-4H,5-6H2,1H3,(H,12,13);1H. The van der Waals surface area contributed by atoms with Gasteiger partial charge in [-0.25, -0.2) is 4.98 Å². The van der Waals surface area contributed by atoms with E-state index >= 15 is 0 Å². The molecule has 1 aliphatic carbocycles. The zero-order valence-corrected chi connectivity index (χ0v) is 9.08. The summed E-state index contributed by atoms with van der Waals surface area (Å²) in [5, 5.41) is 9.04. The molecule has 0 bridgehead atoms. The molecule has 82 valence electrons. The SMILES string of the molecule is COc1cccc(C2(C(=O)O)CC2)n1.Cl. The van der Waals surface area contributed by atoms with Crippen LogP contribution in [0.2, 0.25) is 0 Å². The second-order valence-electron chi connectivity index (χ2n) is 3.45. The first-order valence-corrected chi connectivity index (χ1v) is 4.44. The molecule has 1 aromatic heterocycles. The summed E-state index contributed by atoms with van der Waals surface area (Å²) in [6.07, 6.45) is 1.34. The Labute approximate surface area is 93.7 Å². The van der Waals surface area contributed by atoms with Gasteiger partial charge in [0.1, 0.15) is 5.41 Å². The van der Waals surface area contributed by atoms with Crippen molar-refractivity contribution in [2.45, 2.75) is 18.3 Å². The third-order valence-electron chi connectivity index (χ3n) is 2.58. The third kappa shape index (κ3) is 1.90. The molecule has 0 saturated heterocycles. The number of rotatable bonds is 3. The minimum Gasteiger partial charge on any atom is -0.481 e. The summed E-state index contributed by atoms with van der Waals surface area (Å²) < 4.78 is 4.95. The maximum atomic E-state index is 11.0. The van der Waals surface area contributed by atoms with Gasteiger partial charge in [0.2, 0.25) is 5.88 Å². The number of carbonyl (C=O) groups is 1. The zero-order valence-electron chi connectivity index (χ0n) is 8.27. The molecule has 0 unspecified atom stereocenters. The van der Waals surface area contributed by atoms with Crippen LogP contribution in [0, 0.1) is 0 Å². The van der Waals surface area contributed by atoms with Crippen molar-refractivity contribution in [3.63, 3.8) is 0 Å². The highest BCUT2D eigenvalue weighted by molar-refractivity contribution is 5.85. The molecule has 1 fully saturated rings. The number of hydrogen-bond acceptors (Lipinski definition) is 3. The van der Waals surface area contributed by atoms with E-state index in [9.17, 15) is 4.79 Å². The number of carboxylic acids is 1. The number of methoxy groups -OCH3 is 1. The zero-order chi connectivity index (χ0) is 10.2. The summed E-state index contributed by atoms with van der Waals surface area (Å²) in [5.41, 5.74) is -0.140. The summed E-state index contributed by atoms with van der Waals surface area (Å²) in [4.78, 5) is 15.1. The lowest BCUT2D eigenvalue weighted by atomic mass is 10.0. The number of ether oxygens (including phenoxy) is 1. The second-order valence-corrected chi connectivity index (χ2v) is 3.45. The van der Waals surface area contributed by atoms with E-state index in [1.54, 1.807) is 18.2 Å². The molecular formula is C10H12ClNO3. The number of aromatic nitrogens is 1. The van der Waals surface area contributed by atoms with Crippen molar-refractivity contribution in [1.29, 1.82) is 0 Å². The van der Waals surface area contributed by atoms with Crippen LogP contribution in [-0.2, 0) is 10.2 Å². The van der Waals surface area contributed by atoms with Crippen molar-refractivity contribution < 1.29 is 14.6 Å². The fourth-order valence-corrected chi connectivity index (χ4v) is 1.50. The number of nitrogens with zero attached hydrogens (tertiary/aromatic N) is 1. The van der Waals surface area contributed by atoms with Crippen LogP contribution >= 0.6 is 12.4 Å². The Balaban J connectivity index is 0.00000112. The normalized spacial score (nSPS) is 16.3. The van der Waals surface area contributed by atoms with Crippen LogP contribution in [0.5, 0.6) is 5.88 Å². The van der Waals surface area contributed by atoms with E-state index in [0.717, 1.165) is 0 Å². The van der Waals surface area contributed by atoms with E-state index in [4.69, 9.17) is 9.84 Å². The van der Waals surface area contributed by atoms with Gasteiger partial charge in [0, 0.05) is 6.07 Å². The fraction of sp³-hybridized carbons (Fsp3) is 0.400. The second kappa shape index (κ2) is 4.06. The van der Waals surface area contributed by atoms with E-state index < -0.39 is 11.4 Å². The summed E-state index contributed by atoms with van der Waals surface area (Å²) in [7, 11) is 1.52. The Morgan fingerprint density at radius 2 is 2.20 bits per heavy atom. The van der Waals surface area contributed by atoms with E-state index in [1.807, 2.05) is 0 Å². The van der Waals surface area contributed by atoms with Gasteiger partial charge in [-0.15, -0.1) is 12.4 Å². The number of aliphatic carboxylic acids is 1. The molecule has 1 heterocycles. The van der Waals surface area contributed by atoms with Crippen LogP contribution in [-0.4, -0.2) is 23.2 Å². The molecule has 4 nitrogen and oxygen atoms in total. The first-order chi connectivity index (χ1) is 6.69. The molecule has 1 N–H and O–H groups in total. The summed E-state index contributed by atoms with van der Waals surface area (Å²) in [5.74, 6) is -0.326. The van der Waals surface area contributed by atoms with E-state index in [-0.39, 0.29) is 12.4 Å². The van der Waals surface area contributed by atoms with Gasteiger partial charge in [-0.3, -0.25) is 4.79 Å².